The van der Waals surface area contributed by atoms with Crippen LogP contribution < -0.4 is 0 Å². The molecule has 0 aromatic heterocycles. The molecule has 2 aromatic carbocycles. The molecule has 2 aromatic rings. The van der Waals surface area contributed by atoms with Gasteiger partial charge in [0.25, 0.3) is 0 Å². The zero-order valence-corrected chi connectivity index (χ0v) is 11.8. The average Bonchev–Trinajstić information content (AvgIpc) is 2.47. The van der Waals surface area contributed by atoms with Crippen LogP contribution in [-0.2, 0) is 11.3 Å². The number of hydrogen-bond donors (Lipinski definition) is 1. The highest BCUT2D eigenvalue weighted by molar-refractivity contribution is 5.73. The van der Waals surface area contributed by atoms with Crippen LogP contribution in [0, 0.1) is 0 Å². The zero-order valence-electron chi connectivity index (χ0n) is 11.8. The first-order valence-corrected chi connectivity index (χ1v) is 6.66. The lowest BCUT2D eigenvalue weighted by Gasteiger charge is -2.22. The van der Waals surface area contributed by atoms with E-state index in [0.29, 0.717) is 6.54 Å². The second-order valence-electron chi connectivity index (χ2n) is 4.95. The summed E-state index contributed by atoms with van der Waals surface area (Å²) in [6.45, 7) is 2.31. The van der Waals surface area contributed by atoms with Crippen molar-refractivity contribution in [3.63, 3.8) is 0 Å². The van der Waals surface area contributed by atoms with Crippen LogP contribution in [-0.4, -0.2) is 29.1 Å². The van der Waals surface area contributed by atoms with Crippen LogP contribution in [0.3, 0.4) is 0 Å². The highest BCUT2D eigenvalue weighted by Gasteiger charge is 2.17. The standard InChI is InChI=1S/C17H19NO2/c1-13(17(19)20)18(2)12-15-10-6-7-11-16(15)14-8-4-3-5-9-14/h3-11,13H,12H2,1-2H3,(H,19,20). The Labute approximate surface area is 119 Å². The average molecular weight is 269 g/mol. The van der Waals surface area contributed by atoms with Gasteiger partial charge in [-0.3, -0.25) is 9.69 Å². The Morgan fingerprint density at radius 2 is 1.70 bits per heavy atom. The molecule has 3 heteroatoms. The first-order chi connectivity index (χ1) is 9.59. The Hall–Kier alpha value is -2.13. The van der Waals surface area contributed by atoms with E-state index in [1.807, 2.05) is 48.3 Å². The molecule has 0 saturated carbocycles. The molecule has 0 aliphatic heterocycles. The lowest BCUT2D eigenvalue weighted by Crippen LogP contribution is -2.35. The van der Waals surface area contributed by atoms with E-state index in [4.69, 9.17) is 5.11 Å². The predicted molar refractivity (Wildman–Crippen MR) is 80.4 cm³/mol. The van der Waals surface area contributed by atoms with Crippen LogP contribution in [0.4, 0.5) is 0 Å². The summed E-state index contributed by atoms with van der Waals surface area (Å²) in [7, 11) is 1.83. The molecule has 1 N–H and O–H groups in total. The largest absolute Gasteiger partial charge is 0.480 e. The maximum atomic E-state index is 11.0. The first-order valence-electron chi connectivity index (χ1n) is 6.66. The van der Waals surface area contributed by atoms with Crippen LogP contribution in [0.1, 0.15) is 12.5 Å². The quantitative estimate of drug-likeness (QED) is 0.905. The Morgan fingerprint density at radius 1 is 1.10 bits per heavy atom. The number of carboxylic acids is 1. The van der Waals surface area contributed by atoms with Gasteiger partial charge in [0.2, 0.25) is 0 Å². The molecule has 2 rings (SSSR count). The number of carboxylic acid groups (broad SMARTS) is 1. The van der Waals surface area contributed by atoms with E-state index in [2.05, 4.69) is 18.2 Å². The van der Waals surface area contributed by atoms with E-state index >= 15 is 0 Å². The third-order valence-electron chi connectivity index (χ3n) is 3.54. The highest BCUT2D eigenvalue weighted by atomic mass is 16.4. The van der Waals surface area contributed by atoms with Gasteiger partial charge < -0.3 is 5.11 Å². The molecule has 0 spiro atoms. The minimum Gasteiger partial charge on any atom is -0.480 e. The van der Waals surface area contributed by atoms with Crippen molar-refractivity contribution in [2.75, 3.05) is 7.05 Å². The fourth-order valence-corrected chi connectivity index (χ4v) is 2.15. The van der Waals surface area contributed by atoms with E-state index in [1.165, 1.54) is 0 Å². The SMILES string of the molecule is CC(C(=O)O)N(C)Cc1ccccc1-c1ccccc1. The van der Waals surface area contributed by atoms with Crippen molar-refractivity contribution < 1.29 is 9.90 Å². The number of likely N-dealkylation sites (N-methyl/N-ethyl adjacent to an activating group) is 1. The van der Waals surface area contributed by atoms with E-state index in [-0.39, 0.29) is 0 Å². The predicted octanol–water partition coefficient (Wildman–Crippen LogP) is 3.26. The van der Waals surface area contributed by atoms with Gasteiger partial charge in [-0.25, -0.2) is 0 Å². The van der Waals surface area contributed by atoms with E-state index < -0.39 is 12.0 Å². The second-order valence-corrected chi connectivity index (χ2v) is 4.95. The fourth-order valence-electron chi connectivity index (χ4n) is 2.15. The molecular weight excluding hydrogens is 250 g/mol. The van der Waals surface area contributed by atoms with Crippen LogP contribution in [0.2, 0.25) is 0 Å². The molecule has 0 aliphatic rings. The fraction of sp³-hybridized carbons (Fsp3) is 0.235. The molecule has 0 aliphatic carbocycles. The number of carbonyl (C=O) groups is 1. The molecular formula is C17H19NO2. The molecule has 1 atom stereocenters. The van der Waals surface area contributed by atoms with E-state index in [9.17, 15) is 4.79 Å². The van der Waals surface area contributed by atoms with Crippen molar-refractivity contribution >= 4 is 5.97 Å². The molecule has 0 amide bonds. The molecule has 0 heterocycles. The van der Waals surface area contributed by atoms with Crippen molar-refractivity contribution in [1.82, 2.24) is 4.90 Å². The summed E-state index contributed by atoms with van der Waals surface area (Å²) in [5.74, 6) is -0.801. The smallest absolute Gasteiger partial charge is 0.320 e. The number of hydrogen-bond acceptors (Lipinski definition) is 2. The zero-order chi connectivity index (χ0) is 14.5. The van der Waals surface area contributed by atoms with Gasteiger partial charge >= 0.3 is 5.97 Å². The van der Waals surface area contributed by atoms with Crippen molar-refractivity contribution in [1.29, 1.82) is 0 Å². The summed E-state index contributed by atoms with van der Waals surface area (Å²) in [5.41, 5.74) is 3.44. The normalized spacial score (nSPS) is 12.3. The van der Waals surface area contributed by atoms with Gasteiger partial charge in [0.1, 0.15) is 6.04 Å². The number of nitrogens with zero attached hydrogens (tertiary/aromatic N) is 1. The highest BCUT2D eigenvalue weighted by Crippen LogP contribution is 2.24. The lowest BCUT2D eigenvalue weighted by molar-refractivity contribution is -0.142. The summed E-state index contributed by atoms with van der Waals surface area (Å²) < 4.78 is 0. The summed E-state index contributed by atoms with van der Waals surface area (Å²) in [6, 6.07) is 17.8. The summed E-state index contributed by atoms with van der Waals surface area (Å²) in [4.78, 5) is 12.9. The van der Waals surface area contributed by atoms with Gasteiger partial charge in [-0.15, -0.1) is 0 Å². The Balaban J connectivity index is 2.27. The van der Waals surface area contributed by atoms with E-state index in [1.54, 1.807) is 6.92 Å². The Bertz CT molecular complexity index is 581. The third kappa shape index (κ3) is 3.25. The molecule has 20 heavy (non-hydrogen) atoms. The topological polar surface area (TPSA) is 40.5 Å². The van der Waals surface area contributed by atoms with Gasteiger partial charge in [-0.1, -0.05) is 54.6 Å². The summed E-state index contributed by atoms with van der Waals surface area (Å²) >= 11 is 0. The lowest BCUT2D eigenvalue weighted by atomic mass is 9.99. The van der Waals surface area contributed by atoms with Crippen molar-refractivity contribution in [2.24, 2.45) is 0 Å². The number of benzene rings is 2. The van der Waals surface area contributed by atoms with Crippen molar-refractivity contribution in [3.05, 3.63) is 60.2 Å². The summed E-state index contributed by atoms with van der Waals surface area (Å²) in [6.07, 6.45) is 0. The van der Waals surface area contributed by atoms with Gasteiger partial charge in [0.05, 0.1) is 0 Å². The molecule has 3 nitrogen and oxygen atoms in total. The molecule has 1 unspecified atom stereocenters. The van der Waals surface area contributed by atoms with Crippen LogP contribution >= 0.6 is 0 Å². The van der Waals surface area contributed by atoms with Crippen molar-refractivity contribution in [2.45, 2.75) is 19.5 Å². The molecule has 0 bridgehead atoms. The maximum absolute atomic E-state index is 11.0. The number of aliphatic carboxylic acids is 1. The monoisotopic (exact) mass is 269 g/mol. The van der Waals surface area contributed by atoms with Crippen LogP contribution in [0.15, 0.2) is 54.6 Å². The Morgan fingerprint density at radius 3 is 2.35 bits per heavy atom. The van der Waals surface area contributed by atoms with Crippen LogP contribution in [0.5, 0.6) is 0 Å². The molecule has 104 valence electrons. The first kappa shape index (κ1) is 14.3. The minimum atomic E-state index is -0.801. The molecule has 0 saturated heterocycles. The van der Waals surface area contributed by atoms with E-state index in [0.717, 1.165) is 16.7 Å². The molecule has 0 fully saturated rings. The van der Waals surface area contributed by atoms with Gasteiger partial charge in [0.15, 0.2) is 0 Å². The second kappa shape index (κ2) is 6.35. The number of rotatable bonds is 5. The summed E-state index contributed by atoms with van der Waals surface area (Å²) in [5, 5.41) is 9.08. The van der Waals surface area contributed by atoms with Gasteiger partial charge in [-0.2, -0.15) is 0 Å². The molecule has 0 radical (unpaired) electrons. The maximum Gasteiger partial charge on any atom is 0.320 e. The van der Waals surface area contributed by atoms with Crippen molar-refractivity contribution in [3.8, 4) is 11.1 Å². The third-order valence-corrected chi connectivity index (χ3v) is 3.54. The van der Waals surface area contributed by atoms with Gasteiger partial charge in [0, 0.05) is 6.54 Å². The Kier molecular flexibility index (Phi) is 4.53. The minimum absolute atomic E-state index is 0.501. The van der Waals surface area contributed by atoms with Crippen LogP contribution in [0.25, 0.3) is 11.1 Å². The van der Waals surface area contributed by atoms with Gasteiger partial charge in [-0.05, 0) is 30.7 Å².